The lowest BCUT2D eigenvalue weighted by atomic mass is 10.2. The SMILES string of the molecule is Nc1ncc(C(=O)N2CCN(CCO)CC2)cc1Cl. The standard InChI is InChI=1S/C12H17ClN4O2/c13-10-7-9(8-15-11(10)14)12(19)17-3-1-16(2-4-17)5-6-18/h7-8,18H,1-6H2,(H2,14,15). The van der Waals surface area contributed by atoms with Gasteiger partial charge in [0.15, 0.2) is 0 Å². The first-order chi connectivity index (χ1) is 9.11. The van der Waals surface area contributed by atoms with Crippen molar-refractivity contribution < 1.29 is 9.90 Å². The van der Waals surface area contributed by atoms with E-state index in [1.807, 2.05) is 0 Å². The number of nitrogens with zero attached hydrogens (tertiary/aromatic N) is 3. The molecular formula is C12H17ClN4O2. The molecule has 1 aromatic heterocycles. The normalized spacial score (nSPS) is 16.6. The van der Waals surface area contributed by atoms with Crippen LogP contribution in [0.25, 0.3) is 0 Å². The van der Waals surface area contributed by atoms with Crippen molar-refractivity contribution in [1.82, 2.24) is 14.8 Å². The molecule has 1 aromatic rings. The number of aromatic nitrogens is 1. The van der Waals surface area contributed by atoms with Gasteiger partial charge in [0.25, 0.3) is 5.91 Å². The fourth-order valence-electron chi connectivity index (χ4n) is 2.06. The molecule has 1 aliphatic rings. The summed E-state index contributed by atoms with van der Waals surface area (Å²) >= 11 is 5.87. The molecule has 0 atom stereocenters. The van der Waals surface area contributed by atoms with Crippen LogP contribution in [0.15, 0.2) is 12.3 Å². The van der Waals surface area contributed by atoms with Crippen LogP contribution in [0.3, 0.4) is 0 Å². The van der Waals surface area contributed by atoms with Gasteiger partial charge in [-0.3, -0.25) is 9.69 Å². The predicted octanol–water partition coefficient (Wildman–Crippen LogP) is 0.0673. The Labute approximate surface area is 116 Å². The maximum absolute atomic E-state index is 12.2. The van der Waals surface area contributed by atoms with Crippen molar-refractivity contribution in [2.75, 3.05) is 45.1 Å². The van der Waals surface area contributed by atoms with Crippen molar-refractivity contribution >= 4 is 23.3 Å². The Balaban J connectivity index is 1.99. The minimum Gasteiger partial charge on any atom is -0.395 e. The van der Waals surface area contributed by atoms with Gasteiger partial charge < -0.3 is 15.7 Å². The zero-order valence-electron chi connectivity index (χ0n) is 10.5. The molecule has 19 heavy (non-hydrogen) atoms. The van der Waals surface area contributed by atoms with Gasteiger partial charge in [-0.15, -0.1) is 0 Å². The van der Waals surface area contributed by atoms with Crippen LogP contribution in [-0.2, 0) is 0 Å². The number of β-amino-alcohol motifs (C(OH)–C–C–N with tert-alkyl or cyclic N) is 1. The van der Waals surface area contributed by atoms with Crippen molar-refractivity contribution in [2.45, 2.75) is 0 Å². The molecule has 0 saturated carbocycles. The molecule has 7 heteroatoms. The molecule has 0 aliphatic carbocycles. The second-order valence-electron chi connectivity index (χ2n) is 4.45. The number of piperazine rings is 1. The van der Waals surface area contributed by atoms with Crippen LogP contribution in [0.1, 0.15) is 10.4 Å². The van der Waals surface area contributed by atoms with E-state index in [9.17, 15) is 4.79 Å². The van der Waals surface area contributed by atoms with E-state index >= 15 is 0 Å². The highest BCUT2D eigenvalue weighted by Gasteiger charge is 2.22. The molecule has 0 spiro atoms. The third-order valence-corrected chi connectivity index (χ3v) is 3.50. The van der Waals surface area contributed by atoms with E-state index in [2.05, 4.69) is 9.88 Å². The van der Waals surface area contributed by atoms with E-state index in [4.69, 9.17) is 22.4 Å². The first kappa shape index (κ1) is 14.0. The van der Waals surface area contributed by atoms with Gasteiger partial charge in [0, 0.05) is 38.9 Å². The van der Waals surface area contributed by atoms with Gasteiger partial charge in [0.2, 0.25) is 0 Å². The number of aliphatic hydroxyl groups excluding tert-OH is 1. The minimum atomic E-state index is -0.0851. The summed E-state index contributed by atoms with van der Waals surface area (Å²) < 4.78 is 0. The van der Waals surface area contributed by atoms with Gasteiger partial charge >= 0.3 is 0 Å². The number of hydrogen-bond acceptors (Lipinski definition) is 5. The van der Waals surface area contributed by atoms with Crippen LogP contribution in [0.4, 0.5) is 5.82 Å². The van der Waals surface area contributed by atoms with Crippen molar-refractivity contribution in [1.29, 1.82) is 0 Å². The molecule has 1 amide bonds. The quantitative estimate of drug-likeness (QED) is 0.821. The number of aliphatic hydroxyl groups is 1. The molecule has 1 aliphatic heterocycles. The molecular weight excluding hydrogens is 268 g/mol. The summed E-state index contributed by atoms with van der Waals surface area (Å²) in [4.78, 5) is 20.0. The van der Waals surface area contributed by atoms with Crippen LogP contribution < -0.4 is 5.73 Å². The molecule has 2 rings (SSSR count). The minimum absolute atomic E-state index is 0.0851. The van der Waals surface area contributed by atoms with Gasteiger partial charge in [-0.1, -0.05) is 11.6 Å². The van der Waals surface area contributed by atoms with E-state index in [0.717, 1.165) is 13.1 Å². The highest BCUT2D eigenvalue weighted by Crippen LogP contribution is 2.18. The topological polar surface area (TPSA) is 82.7 Å². The van der Waals surface area contributed by atoms with Gasteiger partial charge in [-0.2, -0.15) is 0 Å². The van der Waals surface area contributed by atoms with Crippen molar-refractivity contribution in [3.05, 3.63) is 22.8 Å². The summed E-state index contributed by atoms with van der Waals surface area (Å²) in [6.45, 7) is 3.61. The van der Waals surface area contributed by atoms with Crippen LogP contribution >= 0.6 is 11.6 Å². The van der Waals surface area contributed by atoms with Crippen molar-refractivity contribution in [3.8, 4) is 0 Å². The summed E-state index contributed by atoms with van der Waals surface area (Å²) in [5.74, 6) is 0.143. The van der Waals surface area contributed by atoms with Gasteiger partial charge in [-0.05, 0) is 6.07 Å². The van der Waals surface area contributed by atoms with Gasteiger partial charge in [0.05, 0.1) is 17.2 Å². The number of hydrogen-bond donors (Lipinski definition) is 2. The highest BCUT2D eigenvalue weighted by molar-refractivity contribution is 6.33. The molecule has 0 radical (unpaired) electrons. The van der Waals surface area contributed by atoms with E-state index in [-0.39, 0.29) is 18.3 Å². The van der Waals surface area contributed by atoms with Crippen LogP contribution in [-0.4, -0.2) is 65.1 Å². The van der Waals surface area contributed by atoms with Crippen LogP contribution in [0.5, 0.6) is 0 Å². The van der Waals surface area contributed by atoms with Gasteiger partial charge in [-0.25, -0.2) is 4.98 Å². The third-order valence-electron chi connectivity index (χ3n) is 3.19. The van der Waals surface area contributed by atoms with Crippen LogP contribution in [0.2, 0.25) is 5.02 Å². The first-order valence-electron chi connectivity index (χ1n) is 6.15. The Morgan fingerprint density at radius 3 is 2.68 bits per heavy atom. The maximum Gasteiger partial charge on any atom is 0.255 e. The summed E-state index contributed by atoms with van der Waals surface area (Å²) in [6.07, 6.45) is 1.45. The number of pyridine rings is 1. The van der Waals surface area contributed by atoms with E-state index in [1.165, 1.54) is 6.20 Å². The first-order valence-corrected chi connectivity index (χ1v) is 6.53. The number of halogens is 1. The Hall–Kier alpha value is -1.37. The lowest BCUT2D eigenvalue weighted by Crippen LogP contribution is -2.49. The van der Waals surface area contributed by atoms with E-state index in [1.54, 1.807) is 11.0 Å². The zero-order valence-corrected chi connectivity index (χ0v) is 11.3. The smallest absolute Gasteiger partial charge is 0.255 e. The Bertz CT molecular complexity index is 461. The molecule has 104 valence electrons. The van der Waals surface area contributed by atoms with Crippen molar-refractivity contribution in [3.63, 3.8) is 0 Å². The average molecular weight is 285 g/mol. The molecule has 0 bridgehead atoms. The number of nitrogens with two attached hydrogens (primary N) is 1. The summed E-state index contributed by atoms with van der Waals surface area (Å²) in [5.41, 5.74) is 5.97. The molecule has 1 saturated heterocycles. The molecule has 0 aromatic carbocycles. The summed E-state index contributed by atoms with van der Waals surface area (Å²) in [5, 5.41) is 9.17. The zero-order chi connectivity index (χ0) is 13.8. The van der Waals surface area contributed by atoms with Gasteiger partial charge in [0.1, 0.15) is 5.82 Å². The van der Waals surface area contributed by atoms with Crippen molar-refractivity contribution in [2.24, 2.45) is 0 Å². The Kier molecular flexibility index (Phi) is 4.57. The van der Waals surface area contributed by atoms with E-state index < -0.39 is 0 Å². The molecule has 3 N–H and O–H groups in total. The summed E-state index contributed by atoms with van der Waals surface area (Å²) in [7, 11) is 0. The lowest BCUT2D eigenvalue weighted by molar-refractivity contribution is 0.0614. The summed E-state index contributed by atoms with van der Waals surface area (Å²) in [6, 6.07) is 1.55. The molecule has 6 nitrogen and oxygen atoms in total. The number of anilines is 1. The fraction of sp³-hybridized carbons (Fsp3) is 0.500. The fourth-order valence-corrected chi connectivity index (χ4v) is 2.23. The van der Waals surface area contributed by atoms with Crippen LogP contribution in [0, 0.1) is 0 Å². The number of amides is 1. The van der Waals surface area contributed by atoms with E-state index in [0.29, 0.717) is 30.2 Å². The Morgan fingerprint density at radius 1 is 1.42 bits per heavy atom. The monoisotopic (exact) mass is 284 g/mol. The largest absolute Gasteiger partial charge is 0.395 e. The second kappa shape index (κ2) is 6.18. The Morgan fingerprint density at radius 2 is 2.11 bits per heavy atom. The number of carbonyl (C=O) groups is 1. The molecule has 2 heterocycles. The molecule has 1 fully saturated rings. The predicted molar refractivity (Wildman–Crippen MR) is 73.1 cm³/mol. The lowest BCUT2D eigenvalue weighted by Gasteiger charge is -2.34. The third kappa shape index (κ3) is 3.34. The number of nitrogen functional groups attached to an aromatic ring is 1. The second-order valence-corrected chi connectivity index (χ2v) is 4.86. The number of carbonyl (C=O) groups excluding carboxylic acids is 1. The average Bonchev–Trinajstić information content (AvgIpc) is 2.42. The number of rotatable bonds is 3. The maximum atomic E-state index is 12.2. The highest BCUT2D eigenvalue weighted by atomic mass is 35.5. The molecule has 0 unspecified atom stereocenters.